The van der Waals surface area contributed by atoms with E-state index < -0.39 is 0 Å². The molecule has 2 aromatic carbocycles. The minimum Gasteiger partial charge on any atom is -0.269 e. The molecule has 3 rings (SSSR count). The summed E-state index contributed by atoms with van der Waals surface area (Å²) in [5, 5.41) is 0. The van der Waals surface area contributed by atoms with E-state index in [2.05, 4.69) is 32.0 Å². The van der Waals surface area contributed by atoms with Gasteiger partial charge in [0.15, 0.2) is 0 Å². The third kappa shape index (κ3) is 2.38. The maximum atomic E-state index is 11.9. The first-order valence-corrected chi connectivity index (χ1v) is 7.64. The summed E-state index contributed by atoms with van der Waals surface area (Å²) in [6.45, 7) is 8.20. The number of carbonyl (C=O) groups excluding carboxylic acids is 2. The van der Waals surface area contributed by atoms with Gasteiger partial charge in [0.1, 0.15) is 0 Å². The smallest absolute Gasteiger partial charge is 0.258 e. The summed E-state index contributed by atoms with van der Waals surface area (Å²) in [6, 6.07) is 10.1. The van der Waals surface area contributed by atoms with E-state index in [0.717, 1.165) is 16.7 Å². The molecule has 1 aliphatic rings. The molecule has 0 aliphatic carbocycles. The molecule has 0 saturated carbocycles. The number of rotatable bonds is 2. The van der Waals surface area contributed by atoms with Gasteiger partial charge in [0.25, 0.3) is 11.8 Å². The largest absolute Gasteiger partial charge is 0.269 e. The summed E-state index contributed by atoms with van der Waals surface area (Å²) in [7, 11) is 0. The highest BCUT2D eigenvalue weighted by atomic mass is 16.2. The lowest BCUT2D eigenvalue weighted by Gasteiger charge is -2.21. The Hall–Kier alpha value is -2.68. The SMILES string of the molecule is Cc1cccc(C)c1-c1ccc(N2C(=O)C=CC2=O)c(C)c1C. The molecule has 0 radical (unpaired) electrons. The van der Waals surface area contributed by atoms with Gasteiger partial charge in [-0.1, -0.05) is 24.3 Å². The number of aryl methyl sites for hydroxylation is 2. The second-order valence-electron chi connectivity index (χ2n) is 5.99. The van der Waals surface area contributed by atoms with Gasteiger partial charge in [-0.25, -0.2) is 4.90 Å². The van der Waals surface area contributed by atoms with E-state index in [0.29, 0.717) is 5.69 Å². The van der Waals surface area contributed by atoms with E-state index in [1.807, 2.05) is 26.0 Å². The molecule has 0 fully saturated rings. The van der Waals surface area contributed by atoms with Crippen LogP contribution in [0.2, 0.25) is 0 Å². The summed E-state index contributed by atoms with van der Waals surface area (Å²) in [4.78, 5) is 25.1. The van der Waals surface area contributed by atoms with E-state index in [-0.39, 0.29) is 11.8 Å². The zero-order valence-corrected chi connectivity index (χ0v) is 13.8. The second kappa shape index (κ2) is 5.51. The molecular weight excluding hydrogens is 286 g/mol. The predicted molar refractivity (Wildman–Crippen MR) is 92.5 cm³/mol. The number of amides is 2. The summed E-state index contributed by atoms with van der Waals surface area (Å²) in [5.74, 6) is -0.561. The minimum atomic E-state index is -0.280. The van der Waals surface area contributed by atoms with Crippen LogP contribution in [0.15, 0.2) is 42.5 Å². The zero-order valence-electron chi connectivity index (χ0n) is 13.8. The number of hydrogen-bond acceptors (Lipinski definition) is 2. The third-order valence-electron chi connectivity index (χ3n) is 4.56. The second-order valence-corrected chi connectivity index (χ2v) is 5.99. The Morgan fingerprint density at radius 3 is 1.87 bits per heavy atom. The van der Waals surface area contributed by atoms with E-state index in [4.69, 9.17) is 0 Å². The molecule has 0 unspecified atom stereocenters. The van der Waals surface area contributed by atoms with E-state index in [1.54, 1.807) is 0 Å². The third-order valence-corrected chi connectivity index (χ3v) is 4.56. The van der Waals surface area contributed by atoms with Crippen molar-refractivity contribution >= 4 is 17.5 Å². The average Bonchev–Trinajstić information content (AvgIpc) is 2.83. The molecule has 2 aromatic rings. The summed E-state index contributed by atoms with van der Waals surface area (Å²) in [5.41, 5.74) is 7.51. The Kier molecular flexibility index (Phi) is 3.64. The van der Waals surface area contributed by atoms with Gasteiger partial charge in [0.2, 0.25) is 0 Å². The van der Waals surface area contributed by atoms with Crippen LogP contribution < -0.4 is 4.90 Å². The number of imide groups is 1. The Bertz CT molecular complexity index is 824. The van der Waals surface area contributed by atoms with Gasteiger partial charge in [0, 0.05) is 12.2 Å². The van der Waals surface area contributed by atoms with Gasteiger partial charge in [-0.15, -0.1) is 0 Å². The highest BCUT2D eigenvalue weighted by Crippen LogP contribution is 2.35. The van der Waals surface area contributed by atoms with Crippen LogP contribution in [-0.4, -0.2) is 11.8 Å². The fourth-order valence-electron chi connectivity index (χ4n) is 3.20. The molecule has 0 spiro atoms. The van der Waals surface area contributed by atoms with Crippen LogP contribution >= 0.6 is 0 Å². The van der Waals surface area contributed by atoms with Crippen molar-refractivity contribution in [3.63, 3.8) is 0 Å². The lowest BCUT2D eigenvalue weighted by Crippen LogP contribution is -2.30. The number of nitrogens with zero attached hydrogens (tertiary/aromatic N) is 1. The van der Waals surface area contributed by atoms with Gasteiger partial charge >= 0.3 is 0 Å². The number of anilines is 1. The fraction of sp³-hybridized carbons (Fsp3) is 0.200. The quantitative estimate of drug-likeness (QED) is 0.786. The van der Waals surface area contributed by atoms with E-state index in [9.17, 15) is 9.59 Å². The van der Waals surface area contributed by atoms with Crippen molar-refractivity contribution in [1.82, 2.24) is 0 Å². The van der Waals surface area contributed by atoms with Gasteiger partial charge in [0.05, 0.1) is 5.69 Å². The molecule has 3 heteroatoms. The lowest BCUT2D eigenvalue weighted by molar-refractivity contribution is -0.119. The molecule has 2 amide bonds. The van der Waals surface area contributed by atoms with Crippen LogP contribution in [0.1, 0.15) is 22.3 Å². The first kappa shape index (κ1) is 15.2. The number of carbonyl (C=O) groups is 2. The fourth-order valence-corrected chi connectivity index (χ4v) is 3.20. The van der Waals surface area contributed by atoms with Gasteiger partial charge in [-0.3, -0.25) is 9.59 Å². The molecule has 1 heterocycles. The first-order chi connectivity index (χ1) is 10.9. The van der Waals surface area contributed by atoms with Crippen molar-refractivity contribution < 1.29 is 9.59 Å². The summed E-state index contributed by atoms with van der Waals surface area (Å²) >= 11 is 0. The van der Waals surface area contributed by atoms with Crippen molar-refractivity contribution in [2.75, 3.05) is 4.90 Å². The normalized spacial score (nSPS) is 14.0. The van der Waals surface area contributed by atoms with E-state index >= 15 is 0 Å². The molecule has 0 saturated heterocycles. The molecule has 3 nitrogen and oxygen atoms in total. The molecule has 116 valence electrons. The summed E-state index contributed by atoms with van der Waals surface area (Å²) in [6.07, 6.45) is 2.63. The number of benzene rings is 2. The topological polar surface area (TPSA) is 37.4 Å². The highest BCUT2D eigenvalue weighted by Gasteiger charge is 2.27. The van der Waals surface area contributed by atoms with Crippen molar-refractivity contribution in [3.05, 3.63) is 64.7 Å². The molecule has 0 N–H and O–H groups in total. The Balaban J connectivity index is 2.16. The maximum absolute atomic E-state index is 11.9. The summed E-state index contributed by atoms with van der Waals surface area (Å²) < 4.78 is 0. The molecule has 23 heavy (non-hydrogen) atoms. The van der Waals surface area contributed by atoms with Crippen molar-refractivity contribution in [3.8, 4) is 11.1 Å². The molecule has 1 aliphatic heterocycles. The predicted octanol–water partition coefficient (Wildman–Crippen LogP) is 4.02. The monoisotopic (exact) mass is 305 g/mol. The zero-order chi connectivity index (χ0) is 16.7. The van der Waals surface area contributed by atoms with Crippen LogP contribution in [-0.2, 0) is 9.59 Å². The highest BCUT2D eigenvalue weighted by molar-refractivity contribution is 6.28. The van der Waals surface area contributed by atoms with Gasteiger partial charge in [-0.2, -0.15) is 0 Å². The van der Waals surface area contributed by atoms with Gasteiger partial charge in [-0.05, 0) is 67.1 Å². The van der Waals surface area contributed by atoms with Gasteiger partial charge < -0.3 is 0 Å². The standard InChI is InChI=1S/C20H19NO2/c1-12-6-5-7-13(2)20(12)16-8-9-17(15(4)14(16)3)21-18(22)10-11-19(21)23/h5-11H,1-4H3. The Morgan fingerprint density at radius 2 is 1.30 bits per heavy atom. The molecule has 0 aromatic heterocycles. The van der Waals surface area contributed by atoms with Crippen LogP contribution in [0.5, 0.6) is 0 Å². The molecule has 0 bridgehead atoms. The molecule has 0 atom stereocenters. The van der Waals surface area contributed by atoms with Crippen molar-refractivity contribution in [2.45, 2.75) is 27.7 Å². The Labute approximate surface area is 136 Å². The van der Waals surface area contributed by atoms with Crippen LogP contribution in [0.25, 0.3) is 11.1 Å². The van der Waals surface area contributed by atoms with Crippen molar-refractivity contribution in [1.29, 1.82) is 0 Å². The lowest BCUT2D eigenvalue weighted by atomic mass is 9.90. The Morgan fingerprint density at radius 1 is 0.739 bits per heavy atom. The average molecular weight is 305 g/mol. The molecular formula is C20H19NO2. The van der Waals surface area contributed by atoms with Crippen LogP contribution in [0, 0.1) is 27.7 Å². The number of hydrogen-bond donors (Lipinski definition) is 0. The van der Waals surface area contributed by atoms with Crippen molar-refractivity contribution in [2.24, 2.45) is 0 Å². The van der Waals surface area contributed by atoms with Crippen LogP contribution in [0.4, 0.5) is 5.69 Å². The first-order valence-electron chi connectivity index (χ1n) is 7.64. The minimum absolute atomic E-state index is 0.280. The maximum Gasteiger partial charge on any atom is 0.258 e. The van der Waals surface area contributed by atoms with Crippen LogP contribution in [0.3, 0.4) is 0 Å². The van der Waals surface area contributed by atoms with E-state index in [1.165, 1.54) is 33.7 Å².